The van der Waals surface area contributed by atoms with Gasteiger partial charge in [-0.2, -0.15) is 5.10 Å². The summed E-state index contributed by atoms with van der Waals surface area (Å²) in [5.41, 5.74) is 2.59. The summed E-state index contributed by atoms with van der Waals surface area (Å²) in [5, 5.41) is 8.42. The zero-order valence-corrected chi connectivity index (χ0v) is 15.7. The molecular formula is C21H24N4O2. The molecule has 0 aliphatic carbocycles. The van der Waals surface area contributed by atoms with E-state index in [2.05, 4.69) is 39.6 Å². The second kappa shape index (κ2) is 7.31. The quantitative estimate of drug-likeness (QED) is 0.756. The van der Waals surface area contributed by atoms with E-state index >= 15 is 0 Å². The maximum atomic E-state index is 12.7. The highest BCUT2D eigenvalue weighted by Gasteiger charge is 2.25. The molecule has 1 aliphatic heterocycles. The van der Waals surface area contributed by atoms with Crippen molar-refractivity contribution in [2.45, 2.75) is 18.9 Å². The van der Waals surface area contributed by atoms with E-state index in [1.54, 1.807) is 11.8 Å². The fourth-order valence-electron chi connectivity index (χ4n) is 3.88. The second-order valence-corrected chi connectivity index (χ2v) is 6.90. The summed E-state index contributed by atoms with van der Waals surface area (Å²) in [7, 11) is 3.45. The lowest BCUT2D eigenvalue weighted by Crippen LogP contribution is -2.40. The number of para-hydroxylation sites is 1. The van der Waals surface area contributed by atoms with Crippen LogP contribution in [-0.2, 0) is 7.05 Å². The van der Waals surface area contributed by atoms with Crippen molar-refractivity contribution in [3.63, 3.8) is 0 Å². The number of carbonyl (C=O) groups is 1. The Balaban J connectivity index is 1.45. The Bertz CT molecular complexity index is 951. The van der Waals surface area contributed by atoms with E-state index in [1.165, 1.54) is 5.69 Å². The number of aromatic nitrogens is 2. The molecule has 0 radical (unpaired) electrons. The number of ether oxygens (including phenoxy) is 1. The maximum Gasteiger partial charge on any atom is 0.251 e. The molecule has 1 N–H and O–H groups in total. The number of nitrogens with one attached hydrogen (secondary N) is 1. The van der Waals surface area contributed by atoms with Gasteiger partial charge in [0.1, 0.15) is 0 Å². The van der Waals surface area contributed by atoms with Crippen molar-refractivity contribution in [2.75, 3.05) is 25.1 Å². The van der Waals surface area contributed by atoms with Crippen LogP contribution in [0.2, 0.25) is 0 Å². The van der Waals surface area contributed by atoms with Gasteiger partial charge in [-0.15, -0.1) is 0 Å². The standard InChI is InChI=1S/C21H24N4O2/c1-24-21(27-2)18-11-10-15(13-19(18)23-24)20(26)22-14-17-9-6-12-25(17)16-7-4-3-5-8-16/h3-5,7-8,10-11,13,17H,6,9,12,14H2,1-2H3,(H,22,26). The summed E-state index contributed by atoms with van der Waals surface area (Å²) in [4.78, 5) is 15.0. The van der Waals surface area contributed by atoms with Gasteiger partial charge in [0.2, 0.25) is 5.88 Å². The van der Waals surface area contributed by atoms with Crippen molar-refractivity contribution >= 4 is 22.5 Å². The Labute approximate surface area is 158 Å². The van der Waals surface area contributed by atoms with Gasteiger partial charge < -0.3 is 15.0 Å². The first-order valence-corrected chi connectivity index (χ1v) is 9.28. The van der Waals surface area contributed by atoms with Crippen molar-refractivity contribution in [1.29, 1.82) is 0 Å². The number of amides is 1. The number of nitrogens with zero attached hydrogens (tertiary/aromatic N) is 3. The smallest absolute Gasteiger partial charge is 0.251 e. The first-order valence-electron chi connectivity index (χ1n) is 9.28. The lowest BCUT2D eigenvalue weighted by Gasteiger charge is -2.27. The maximum absolute atomic E-state index is 12.7. The van der Waals surface area contributed by atoms with Gasteiger partial charge in [-0.05, 0) is 43.2 Å². The van der Waals surface area contributed by atoms with E-state index in [4.69, 9.17) is 4.74 Å². The van der Waals surface area contributed by atoms with Crippen LogP contribution in [0.4, 0.5) is 5.69 Å². The van der Waals surface area contributed by atoms with Crippen molar-refractivity contribution in [3.8, 4) is 5.88 Å². The SMILES string of the molecule is COc1c2ccc(C(=O)NCC3CCCN3c3ccccc3)cc2nn1C. The predicted molar refractivity (Wildman–Crippen MR) is 106 cm³/mol. The van der Waals surface area contributed by atoms with Crippen molar-refractivity contribution in [3.05, 3.63) is 54.1 Å². The number of carbonyl (C=O) groups excluding carboxylic acids is 1. The first-order chi connectivity index (χ1) is 13.2. The average Bonchev–Trinajstić information content (AvgIpc) is 3.29. The van der Waals surface area contributed by atoms with Gasteiger partial charge in [-0.1, -0.05) is 18.2 Å². The van der Waals surface area contributed by atoms with Gasteiger partial charge in [-0.25, -0.2) is 4.68 Å². The van der Waals surface area contributed by atoms with Gasteiger partial charge >= 0.3 is 0 Å². The molecule has 3 aromatic rings. The van der Waals surface area contributed by atoms with Crippen LogP contribution in [0.1, 0.15) is 23.2 Å². The Hall–Kier alpha value is -3.02. The van der Waals surface area contributed by atoms with Crippen LogP contribution < -0.4 is 15.0 Å². The number of hydrogen-bond acceptors (Lipinski definition) is 4. The van der Waals surface area contributed by atoms with Crippen molar-refractivity contribution in [2.24, 2.45) is 7.05 Å². The van der Waals surface area contributed by atoms with E-state index in [0.29, 0.717) is 24.0 Å². The number of rotatable bonds is 5. The summed E-state index contributed by atoms with van der Waals surface area (Å²) in [6.45, 7) is 1.67. The molecule has 6 nitrogen and oxygen atoms in total. The van der Waals surface area contributed by atoms with Crippen LogP contribution in [0.15, 0.2) is 48.5 Å². The molecular weight excluding hydrogens is 340 g/mol. The minimum atomic E-state index is -0.0681. The third-order valence-electron chi connectivity index (χ3n) is 5.20. The Morgan fingerprint density at radius 1 is 1.26 bits per heavy atom. The number of hydrogen-bond donors (Lipinski definition) is 1. The van der Waals surface area contributed by atoms with Crippen LogP contribution >= 0.6 is 0 Å². The first kappa shape index (κ1) is 17.4. The minimum Gasteiger partial charge on any atom is -0.481 e. The van der Waals surface area contributed by atoms with E-state index in [-0.39, 0.29) is 5.91 Å². The molecule has 2 heterocycles. The van der Waals surface area contributed by atoms with Crippen LogP contribution in [-0.4, -0.2) is 41.9 Å². The van der Waals surface area contributed by atoms with Crippen LogP contribution in [0.3, 0.4) is 0 Å². The summed E-state index contributed by atoms with van der Waals surface area (Å²) in [6, 6.07) is 16.3. The molecule has 6 heteroatoms. The molecule has 1 atom stereocenters. The van der Waals surface area contributed by atoms with E-state index in [0.717, 1.165) is 30.3 Å². The molecule has 0 saturated carbocycles. The summed E-state index contributed by atoms with van der Waals surface area (Å²) < 4.78 is 7.04. The highest BCUT2D eigenvalue weighted by molar-refractivity contribution is 5.98. The molecule has 1 fully saturated rings. The van der Waals surface area contributed by atoms with Gasteiger partial charge in [-0.3, -0.25) is 4.79 Å². The van der Waals surface area contributed by atoms with E-state index in [9.17, 15) is 4.79 Å². The number of anilines is 1. The lowest BCUT2D eigenvalue weighted by atomic mass is 10.1. The predicted octanol–water partition coefficient (Wildman–Crippen LogP) is 2.98. The molecule has 140 valence electrons. The largest absolute Gasteiger partial charge is 0.481 e. The fourth-order valence-corrected chi connectivity index (χ4v) is 3.88. The van der Waals surface area contributed by atoms with Gasteiger partial charge in [0, 0.05) is 37.4 Å². The molecule has 2 aromatic carbocycles. The monoisotopic (exact) mass is 364 g/mol. The van der Waals surface area contributed by atoms with Gasteiger partial charge in [0.15, 0.2) is 0 Å². The summed E-state index contributed by atoms with van der Waals surface area (Å²) in [6.07, 6.45) is 2.24. The molecule has 1 aliphatic rings. The van der Waals surface area contributed by atoms with Gasteiger partial charge in [0.25, 0.3) is 5.91 Å². The normalized spacial score (nSPS) is 16.7. The number of fused-ring (bicyclic) bond motifs is 1. The fraction of sp³-hybridized carbons (Fsp3) is 0.333. The van der Waals surface area contributed by atoms with Crippen molar-refractivity contribution < 1.29 is 9.53 Å². The third-order valence-corrected chi connectivity index (χ3v) is 5.20. The number of aryl methyl sites for hydroxylation is 1. The second-order valence-electron chi connectivity index (χ2n) is 6.90. The summed E-state index contributed by atoms with van der Waals surface area (Å²) >= 11 is 0. The van der Waals surface area contributed by atoms with Crippen LogP contribution in [0.5, 0.6) is 5.88 Å². The topological polar surface area (TPSA) is 59.4 Å². The Morgan fingerprint density at radius 2 is 2.07 bits per heavy atom. The molecule has 0 spiro atoms. The zero-order valence-electron chi connectivity index (χ0n) is 15.7. The highest BCUT2D eigenvalue weighted by atomic mass is 16.5. The average molecular weight is 364 g/mol. The van der Waals surface area contributed by atoms with E-state index < -0.39 is 0 Å². The van der Waals surface area contributed by atoms with Crippen LogP contribution in [0.25, 0.3) is 10.9 Å². The number of methoxy groups -OCH3 is 1. The number of benzene rings is 2. The zero-order chi connectivity index (χ0) is 18.8. The minimum absolute atomic E-state index is 0.0681. The van der Waals surface area contributed by atoms with Gasteiger partial charge in [0.05, 0.1) is 18.0 Å². The Morgan fingerprint density at radius 3 is 2.85 bits per heavy atom. The molecule has 0 bridgehead atoms. The third kappa shape index (κ3) is 3.35. The molecule has 27 heavy (non-hydrogen) atoms. The molecule has 1 aromatic heterocycles. The molecule has 1 amide bonds. The molecule has 4 rings (SSSR count). The molecule has 1 saturated heterocycles. The Kier molecular flexibility index (Phi) is 4.71. The van der Waals surface area contributed by atoms with E-state index in [1.807, 2.05) is 31.3 Å². The highest BCUT2D eigenvalue weighted by Crippen LogP contribution is 2.26. The van der Waals surface area contributed by atoms with Crippen molar-refractivity contribution in [1.82, 2.24) is 15.1 Å². The van der Waals surface area contributed by atoms with Crippen LogP contribution in [0, 0.1) is 0 Å². The lowest BCUT2D eigenvalue weighted by molar-refractivity contribution is 0.0951. The molecule has 1 unspecified atom stereocenters. The summed E-state index contributed by atoms with van der Waals surface area (Å²) in [5.74, 6) is 0.628.